The molecular weight excluding hydrogens is 605 g/mol. The van der Waals surface area contributed by atoms with Crippen molar-refractivity contribution >= 4 is 24.7 Å². The molecule has 1 N–H and O–H groups in total. The molecule has 260 valence electrons. The van der Waals surface area contributed by atoms with Gasteiger partial charge in [-0.05, 0) is 65.4 Å². The van der Waals surface area contributed by atoms with Crippen LogP contribution in [-0.4, -0.2) is 56.2 Å². The molecule has 0 saturated carbocycles. The van der Waals surface area contributed by atoms with Crippen molar-refractivity contribution in [1.29, 1.82) is 0 Å². The molecule has 0 radical (unpaired) electrons. The Bertz CT molecular complexity index is 1270. The van der Waals surface area contributed by atoms with Crippen LogP contribution in [0.4, 0.5) is 0 Å². The second-order valence-electron chi connectivity index (χ2n) is 15.4. The van der Waals surface area contributed by atoms with Gasteiger partial charge in [0.05, 0.1) is 17.8 Å². The van der Waals surface area contributed by atoms with Gasteiger partial charge < -0.3 is 23.7 Å². The summed E-state index contributed by atoms with van der Waals surface area (Å²) < 4.78 is 26.8. The highest BCUT2D eigenvalue weighted by atomic mass is 28.4. The SMILES string of the molecule is CC[C@@H](CO[Si](c1ccccc1)(c1ccccc1)C(C)(C)C)[C@H]1O[C@@]2(C=CCC([C@H](C)C[C@](O)(CC)COC(C)=O)O2)[C@H](C)C[C@@H]1C. The van der Waals surface area contributed by atoms with E-state index in [2.05, 4.69) is 121 Å². The van der Waals surface area contributed by atoms with Gasteiger partial charge in [0.25, 0.3) is 8.32 Å². The minimum absolute atomic E-state index is 0.00706. The maximum Gasteiger partial charge on any atom is 0.302 e. The van der Waals surface area contributed by atoms with E-state index in [1.54, 1.807) is 0 Å². The molecule has 4 rings (SSSR count). The van der Waals surface area contributed by atoms with Crippen LogP contribution in [0.25, 0.3) is 0 Å². The largest absolute Gasteiger partial charge is 0.463 e. The molecule has 0 aliphatic carbocycles. The first-order chi connectivity index (χ1) is 22.2. The Balaban J connectivity index is 1.58. The summed E-state index contributed by atoms with van der Waals surface area (Å²) in [7, 11) is -2.70. The minimum atomic E-state index is -2.70. The van der Waals surface area contributed by atoms with Gasteiger partial charge >= 0.3 is 5.97 Å². The van der Waals surface area contributed by atoms with Crippen molar-refractivity contribution < 1.29 is 28.5 Å². The van der Waals surface area contributed by atoms with Crippen LogP contribution >= 0.6 is 0 Å². The summed E-state index contributed by atoms with van der Waals surface area (Å²) in [5.41, 5.74) is -1.09. The van der Waals surface area contributed by atoms with Crippen molar-refractivity contribution in [3.8, 4) is 0 Å². The molecule has 1 fully saturated rings. The summed E-state index contributed by atoms with van der Waals surface area (Å²) in [5, 5.41) is 13.7. The van der Waals surface area contributed by atoms with Gasteiger partial charge in [-0.15, -0.1) is 0 Å². The summed E-state index contributed by atoms with van der Waals surface area (Å²) in [6.45, 7) is 19.8. The standard InChI is InChI=1S/C40H60O6Si/c1-10-33(27-44-47(38(7,8)9,34-19-14-12-15-20-34)35-21-16-13-17-22-35)37-29(3)25-31(5)40(46-37)24-18-23-36(45-40)30(4)26-39(42,11-2)28-43-32(6)41/h12-22,24,29-31,33,36-37,42H,10-11,23,25-28H2,1-9H3/t29-,30+,31+,33-,36?,37-,39+,40-/m0/s1. The summed E-state index contributed by atoms with van der Waals surface area (Å²) in [6, 6.07) is 21.7. The predicted octanol–water partition coefficient (Wildman–Crippen LogP) is 7.42. The molecule has 1 unspecified atom stereocenters. The van der Waals surface area contributed by atoms with Crippen LogP contribution in [0, 0.1) is 23.7 Å². The van der Waals surface area contributed by atoms with Crippen molar-refractivity contribution in [3.63, 3.8) is 0 Å². The highest BCUT2D eigenvalue weighted by Gasteiger charge is 2.53. The van der Waals surface area contributed by atoms with Crippen molar-refractivity contribution in [2.75, 3.05) is 13.2 Å². The molecule has 0 amide bonds. The fourth-order valence-corrected chi connectivity index (χ4v) is 12.6. The first-order valence-electron chi connectivity index (χ1n) is 17.8. The normalized spacial score (nSPS) is 27.6. The number of aliphatic hydroxyl groups is 1. The van der Waals surface area contributed by atoms with Gasteiger partial charge in [0.2, 0.25) is 0 Å². The number of benzene rings is 2. The van der Waals surface area contributed by atoms with Crippen LogP contribution in [0.3, 0.4) is 0 Å². The molecule has 2 heterocycles. The molecule has 2 aromatic carbocycles. The summed E-state index contributed by atoms with van der Waals surface area (Å²) >= 11 is 0. The molecule has 0 bridgehead atoms. The van der Waals surface area contributed by atoms with Crippen molar-refractivity contribution in [3.05, 3.63) is 72.8 Å². The Hall–Kier alpha value is -2.29. The quantitative estimate of drug-likeness (QED) is 0.137. The van der Waals surface area contributed by atoms with Crippen molar-refractivity contribution in [1.82, 2.24) is 0 Å². The van der Waals surface area contributed by atoms with Crippen LogP contribution in [0.5, 0.6) is 0 Å². The van der Waals surface area contributed by atoms with Gasteiger partial charge in [0.1, 0.15) is 6.61 Å². The zero-order chi connectivity index (χ0) is 34.5. The summed E-state index contributed by atoms with van der Waals surface area (Å²) in [5.74, 6) is -0.493. The summed E-state index contributed by atoms with van der Waals surface area (Å²) in [6.07, 6.45) is 7.81. The molecule has 0 aromatic heterocycles. The van der Waals surface area contributed by atoms with Crippen LogP contribution < -0.4 is 10.4 Å². The topological polar surface area (TPSA) is 74.2 Å². The number of hydrogen-bond donors (Lipinski definition) is 1. The number of rotatable bonds is 13. The van der Waals surface area contributed by atoms with E-state index in [-0.39, 0.29) is 47.6 Å². The zero-order valence-corrected chi connectivity index (χ0v) is 31.3. The average Bonchev–Trinajstić information content (AvgIpc) is 3.05. The highest BCUT2D eigenvalue weighted by Crippen LogP contribution is 2.46. The number of carbonyl (C=O) groups excluding carboxylic acids is 1. The fourth-order valence-electron chi connectivity index (χ4n) is 7.96. The van der Waals surface area contributed by atoms with E-state index in [0.717, 1.165) is 19.3 Å². The first kappa shape index (κ1) is 37.5. The highest BCUT2D eigenvalue weighted by molar-refractivity contribution is 6.99. The number of carbonyl (C=O) groups is 1. The zero-order valence-electron chi connectivity index (χ0n) is 30.3. The predicted molar refractivity (Wildman–Crippen MR) is 192 cm³/mol. The van der Waals surface area contributed by atoms with Gasteiger partial charge in [-0.2, -0.15) is 0 Å². The molecule has 2 aliphatic heterocycles. The maximum absolute atomic E-state index is 11.5. The monoisotopic (exact) mass is 664 g/mol. The summed E-state index contributed by atoms with van der Waals surface area (Å²) in [4.78, 5) is 11.5. The second-order valence-corrected chi connectivity index (χ2v) is 19.7. The van der Waals surface area contributed by atoms with Gasteiger partial charge in [-0.3, -0.25) is 4.79 Å². The average molecular weight is 665 g/mol. The van der Waals surface area contributed by atoms with Gasteiger partial charge in [0, 0.05) is 25.4 Å². The van der Waals surface area contributed by atoms with E-state index in [9.17, 15) is 9.90 Å². The molecule has 1 spiro atoms. The molecule has 7 heteroatoms. The van der Waals surface area contributed by atoms with Crippen LogP contribution in [0.1, 0.15) is 94.4 Å². The molecule has 2 aromatic rings. The van der Waals surface area contributed by atoms with E-state index in [4.69, 9.17) is 18.6 Å². The van der Waals surface area contributed by atoms with Crippen molar-refractivity contribution in [2.24, 2.45) is 23.7 Å². The molecular formula is C40H60O6Si. The first-order valence-corrected chi connectivity index (χ1v) is 19.7. The van der Waals surface area contributed by atoms with Crippen LogP contribution in [0.15, 0.2) is 72.8 Å². The fraction of sp³-hybridized carbons (Fsp3) is 0.625. The number of esters is 1. The van der Waals surface area contributed by atoms with Crippen LogP contribution in [-0.2, 0) is 23.4 Å². The van der Waals surface area contributed by atoms with Gasteiger partial charge in [-0.1, -0.05) is 122 Å². The lowest BCUT2D eigenvalue weighted by Crippen LogP contribution is -2.67. The Labute approximate surface area is 285 Å². The van der Waals surface area contributed by atoms with E-state index in [1.807, 2.05) is 6.92 Å². The lowest BCUT2D eigenvalue weighted by molar-refractivity contribution is -0.321. The molecule has 8 atom stereocenters. The lowest BCUT2D eigenvalue weighted by Gasteiger charge is -2.52. The Morgan fingerprint density at radius 3 is 2.13 bits per heavy atom. The van der Waals surface area contributed by atoms with Gasteiger partial charge in [0.15, 0.2) is 5.79 Å². The molecule has 47 heavy (non-hydrogen) atoms. The van der Waals surface area contributed by atoms with Gasteiger partial charge in [-0.25, -0.2) is 0 Å². The van der Waals surface area contributed by atoms with Crippen LogP contribution in [0.2, 0.25) is 5.04 Å². The molecule has 6 nitrogen and oxygen atoms in total. The maximum atomic E-state index is 11.5. The lowest BCUT2D eigenvalue weighted by atomic mass is 9.77. The Morgan fingerprint density at radius 1 is 1.02 bits per heavy atom. The molecule has 1 saturated heterocycles. The Morgan fingerprint density at radius 2 is 1.62 bits per heavy atom. The second kappa shape index (κ2) is 15.5. The molecule has 2 aliphatic rings. The van der Waals surface area contributed by atoms with E-state index >= 15 is 0 Å². The number of hydrogen-bond acceptors (Lipinski definition) is 6. The smallest absolute Gasteiger partial charge is 0.302 e. The Kier molecular flexibility index (Phi) is 12.4. The number of ether oxygens (including phenoxy) is 3. The van der Waals surface area contributed by atoms with E-state index in [1.165, 1.54) is 17.3 Å². The third kappa shape index (κ3) is 8.30. The third-order valence-electron chi connectivity index (χ3n) is 10.8. The van der Waals surface area contributed by atoms with E-state index in [0.29, 0.717) is 25.4 Å². The van der Waals surface area contributed by atoms with Crippen molar-refractivity contribution in [2.45, 2.75) is 123 Å². The third-order valence-corrected chi connectivity index (χ3v) is 15.8. The minimum Gasteiger partial charge on any atom is -0.463 e. The van der Waals surface area contributed by atoms with E-state index < -0.39 is 19.7 Å².